The van der Waals surface area contributed by atoms with E-state index >= 15 is 0 Å². The number of aromatic amines is 1. The molecule has 0 spiro atoms. The molecule has 4 heterocycles. The van der Waals surface area contributed by atoms with E-state index in [9.17, 15) is 18.0 Å². The first-order chi connectivity index (χ1) is 20.7. The molecule has 0 aromatic carbocycles. The number of sulfonamides is 1. The number of anilines is 1. The predicted octanol–water partition coefficient (Wildman–Crippen LogP) is 1.23. The van der Waals surface area contributed by atoms with Crippen molar-refractivity contribution in [2.24, 2.45) is 5.73 Å². The van der Waals surface area contributed by atoms with Crippen molar-refractivity contribution in [2.45, 2.75) is 37.5 Å². The minimum absolute atomic E-state index is 0.0139. The second-order valence-electron chi connectivity index (χ2n) is 9.83. The average Bonchev–Trinajstić information content (AvgIpc) is 3.46. The van der Waals surface area contributed by atoms with Gasteiger partial charge in [0.15, 0.2) is 5.69 Å². The summed E-state index contributed by atoms with van der Waals surface area (Å²) >= 11 is 0. The molecule has 1 unspecified atom stereocenters. The summed E-state index contributed by atoms with van der Waals surface area (Å²) in [4.78, 5) is 41.2. The lowest BCUT2D eigenvalue weighted by Gasteiger charge is -2.33. The van der Waals surface area contributed by atoms with Gasteiger partial charge in [-0.2, -0.15) is 9.40 Å². The number of H-pyrrole nitrogens is 1. The van der Waals surface area contributed by atoms with Crippen molar-refractivity contribution >= 4 is 27.5 Å². The van der Waals surface area contributed by atoms with Gasteiger partial charge in [-0.25, -0.2) is 23.4 Å². The molecule has 4 rings (SSSR count). The van der Waals surface area contributed by atoms with Crippen LogP contribution in [0.25, 0.3) is 0 Å². The zero-order valence-corrected chi connectivity index (χ0v) is 25.3. The van der Waals surface area contributed by atoms with Crippen molar-refractivity contribution in [3.63, 3.8) is 0 Å². The highest BCUT2D eigenvalue weighted by atomic mass is 32.2. The van der Waals surface area contributed by atoms with E-state index in [0.717, 1.165) is 6.54 Å². The van der Waals surface area contributed by atoms with E-state index in [4.69, 9.17) is 15.2 Å². The molecule has 15 nitrogen and oxygen atoms in total. The third-order valence-electron chi connectivity index (χ3n) is 7.09. The molecule has 3 aromatic rings. The van der Waals surface area contributed by atoms with E-state index in [-0.39, 0.29) is 40.9 Å². The summed E-state index contributed by atoms with van der Waals surface area (Å²) in [5.41, 5.74) is 5.49. The summed E-state index contributed by atoms with van der Waals surface area (Å²) < 4.78 is 39.2. The van der Waals surface area contributed by atoms with Crippen LogP contribution < -0.4 is 15.8 Å². The first-order valence-electron chi connectivity index (χ1n) is 14.0. The summed E-state index contributed by atoms with van der Waals surface area (Å²) in [5.74, 6) is -1.79. The number of pyridine rings is 1. The van der Waals surface area contributed by atoms with Gasteiger partial charge in [0.05, 0.1) is 30.0 Å². The molecule has 1 aliphatic heterocycles. The Kier molecular flexibility index (Phi) is 10.7. The molecule has 0 radical (unpaired) electrons. The lowest BCUT2D eigenvalue weighted by Crippen LogP contribution is -2.48. The van der Waals surface area contributed by atoms with E-state index < -0.39 is 27.8 Å². The largest absolute Gasteiger partial charge is 0.474 e. The molecule has 4 N–H and O–H groups in total. The molecule has 1 saturated heterocycles. The van der Waals surface area contributed by atoms with Gasteiger partial charge in [0.1, 0.15) is 23.0 Å². The Hall–Kier alpha value is -3.99. The molecule has 2 amide bonds. The van der Waals surface area contributed by atoms with Crippen LogP contribution in [0.3, 0.4) is 0 Å². The van der Waals surface area contributed by atoms with Crippen molar-refractivity contribution in [3.8, 4) is 5.88 Å². The molecule has 232 valence electrons. The van der Waals surface area contributed by atoms with Crippen LogP contribution >= 0.6 is 0 Å². The fourth-order valence-corrected chi connectivity index (χ4v) is 6.21. The molecular weight excluding hydrogens is 578 g/mol. The van der Waals surface area contributed by atoms with Gasteiger partial charge in [0, 0.05) is 45.7 Å². The second kappa shape index (κ2) is 14.5. The molecular formula is C27H37N9O6S. The van der Waals surface area contributed by atoms with Crippen LogP contribution in [0.15, 0.2) is 35.6 Å². The van der Waals surface area contributed by atoms with Gasteiger partial charge in [0.2, 0.25) is 15.9 Å². The Morgan fingerprint density at radius 2 is 1.84 bits per heavy atom. The maximum absolute atomic E-state index is 13.9. The topological polar surface area (TPSA) is 199 Å². The van der Waals surface area contributed by atoms with Gasteiger partial charge in [-0.15, -0.1) is 0 Å². The van der Waals surface area contributed by atoms with E-state index in [0.29, 0.717) is 50.5 Å². The van der Waals surface area contributed by atoms with Crippen LogP contribution in [0.2, 0.25) is 0 Å². The Labute approximate surface area is 250 Å². The van der Waals surface area contributed by atoms with Crippen molar-refractivity contribution in [1.29, 1.82) is 0 Å². The number of carbonyl (C=O) groups is 2. The molecule has 0 bridgehead atoms. The summed E-state index contributed by atoms with van der Waals surface area (Å²) in [5, 5.41) is 9.51. The summed E-state index contributed by atoms with van der Waals surface area (Å²) in [6, 6.07) is 2.97. The number of nitrogens with zero attached hydrogens (tertiary/aromatic N) is 6. The number of primary amides is 1. The number of piperazine rings is 1. The van der Waals surface area contributed by atoms with Crippen molar-refractivity contribution in [3.05, 3.63) is 53.5 Å². The number of ether oxygens (including phenoxy) is 2. The summed E-state index contributed by atoms with van der Waals surface area (Å²) in [7, 11) is -2.43. The fourth-order valence-electron chi connectivity index (χ4n) is 4.82. The first kappa shape index (κ1) is 31.9. The number of nitrogens with two attached hydrogens (primary N) is 1. The number of methoxy groups -OCH3 is 1. The molecule has 43 heavy (non-hydrogen) atoms. The molecule has 1 fully saturated rings. The molecule has 1 aliphatic rings. The SMILES string of the molecule is CCCC(c1ncccn1)c1[nH]nc(C(N)=O)c1C(=O)Nc1cc(S(=O)(=O)N2CCN(CC)CC2)cnc1OCCOC. The average molecular weight is 616 g/mol. The fraction of sp³-hybridized carbons (Fsp3) is 0.481. The van der Waals surface area contributed by atoms with Crippen LogP contribution in [0.1, 0.15) is 65.0 Å². The number of likely N-dealkylation sites (N-methyl/N-ethyl adjacent to an activating group) is 1. The maximum Gasteiger partial charge on any atom is 0.270 e. The van der Waals surface area contributed by atoms with E-state index in [2.05, 4.69) is 35.4 Å². The minimum atomic E-state index is -3.93. The second-order valence-corrected chi connectivity index (χ2v) is 11.8. The number of hydrogen-bond donors (Lipinski definition) is 3. The van der Waals surface area contributed by atoms with Crippen LogP contribution in [0.4, 0.5) is 5.69 Å². The zero-order valence-electron chi connectivity index (χ0n) is 24.4. The number of rotatable bonds is 14. The summed E-state index contributed by atoms with van der Waals surface area (Å²) in [6.07, 6.45) is 5.61. The number of hydrogen-bond acceptors (Lipinski definition) is 11. The lowest BCUT2D eigenvalue weighted by atomic mass is 9.94. The maximum atomic E-state index is 13.9. The highest BCUT2D eigenvalue weighted by molar-refractivity contribution is 7.89. The third kappa shape index (κ3) is 7.33. The standard InChI is InChI=1S/C27H37N9O6S/c1-4-7-19(25-29-8-6-9-30-25)22-21(23(24(28)37)34-33-22)26(38)32-20-16-18(17-31-27(20)42-15-14-41-3)43(39,40)36-12-10-35(5-2)11-13-36/h6,8-9,16-17,19H,4-5,7,10-15H2,1-3H3,(H2,28,37)(H,32,38)(H,33,34). The normalized spacial score (nSPS) is 15.2. The van der Waals surface area contributed by atoms with Gasteiger partial charge in [0.25, 0.3) is 11.8 Å². The Bertz CT molecular complexity index is 1510. The monoisotopic (exact) mass is 615 g/mol. The highest BCUT2D eigenvalue weighted by Gasteiger charge is 2.32. The van der Waals surface area contributed by atoms with Gasteiger partial charge >= 0.3 is 0 Å². The third-order valence-corrected chi connectivity index (χ3v) is 8.96. The molecule has 3 aromatic heterocycles. The Balaban J connectivity index is 1.72. The summed E-state index contributed by atoms with van der Waals surface area (Å²) in [6.45, 7) is 6.99. The van der Waals surface area contributed by atoms with Crippen molar-refractivity contribution in [1.82, 2.24) is 34.4 Å². The number of amides is 2. The number of nitrogens with one attached hydrogen (secondary N) is 2. The Morgan fingerprint density at radius 1 is 1.12 bits per heavy atom. The van der Waals surface area contributed by atoms with Crippen molar-refractivity contribution < 1.29 is 27.5 Å². The molecule has 0 aliphatic carbocycles. The lowest BCUT2D eigenvalue weighted by molar-refractivity contribution is 0.0973. The van der Waals surface area contributed by atoms with Crippen LogP contribution in [0, 0.1) is 0 Å². The van der Waals surface area contributed by atoms with Gasteiger partial charge < -0.3 is 25.4 Å². The number of aromatic nitrogens is 5. The van der Waals surface area contributed by atoms with Crippen LogP contribution in [-0.2, 0) is 14.8 Å². The molecule has 0 saturated carbocycles. The zero-order chi connectivity index (χ0) is 31.0. The number of carbonyl (C=O) groups excluding carboxylic acids is 2. The molecule has 1 atom stereocenters. The Morgan fingerprint density at radius 3 is 2.47 bits per heavy atom. The van der Waals surface area contributed by atoms with Crippen LogP contribution in [0.5, 0.6) is 5.88 Å². The van der Waals surface area contributed by atoms with E-state index in [1.165, 1.54) is 23.7 Å². The smallest absolute Gasteiger partial charge is 0.270 e. The van der Waals surface area contributed by atoms with E-state index in [1.54, 1.807) is 18.5 Å². The highest BCUT2D eigenvalue weighted by Crippen LogP contribution is 2.32. The van der Waals surface area contributed by atoms with E-state index in [1.807, 2.05) is 13.8 Å². The quantitative estimate of drug-likeness (QED) is 0.220. The van der Waals surface area contributed by atoms with Crippen molar-refractivity contribution in [2.75, 3.05) is 58.4 Å². The van der Waals surface area contributed by atoms with Gasteiger partial charge in [-0.3, -0.25) is 14.7 Å². The molecule has 16 heteroatoms. The first-order valence-corrected chi connectivity index (χ1v) is 15.5. The predicted molar refractivity (Wildman–Crippen MR) is 156 cm³/mol. The van der Waals surface area contributed by atoms with Crippen LogP contribution in [-0.4, -0.2) is 108 Å². The minimum Gasteiger partial charge on any atom is -0.474 e. The van der Waals surface area contributed by atoms with Gasteiger partial charge in [-0.05, 0) is 25.1 Å². The van der Waals surface area contributed by atoms with Gasteiger partial charge in [-0.1, -0.05) is 20.3 Å².